The highest BCUT2D eigenvalue weighted by Gasteiger charge is 2.17. The van der Waals surface area contributed by atoms with Crippen molar-refractivity contribution in [2.45, 2.75) is 12.5 Å². The van der Waals surface area contributed by atoms with E-state index in [-0.39, 0.29) is 11.9 Å². The summed E-state index contributed by atoms with van der Waals surface area (Å²) in [5, 5.41) is 2.77. The molecule has 2 rings (SSSR count). The first-order valence-electron chi connectivity index (χ1n) is 4.76. The lowest BCUT2D eigenvalue weighted by molar-refractivity contribution is 0.494. The molecule has 0 aromatic carbocycles. The molecule has 0 saturated heterocycles. The smallest absolute Gasteiger partial charge is 0.146 e. The number of nitrogens with two attached hydrogens (primary N) is 1. The summed E-state index contributed by atoms with van der Waals surface area (Å²) in [5.74, 6) is 5.05. The third-order valence-corrected chi connectivity index (χ3v) is 2.98. The predicted molar refractivity (Wildman–Crippen MR) is 60.1 cm³/mol. The lowest BCUT2D eigenvalue weighted by atomic mass is 10.1. The SMILES string of the molecule is NNC(Cc1nccs1)c1ncccc1F. The van der Waals surface area contributed by atoms with Crippen molar-refractivity contribution in [3.8, 4) is 0 Å². The molecule has 0 amide bonds. The number of hydrogen-bond donors (Lipinski definition) is 2. The molecule has 0 aliphatic rings. The monoisotopic (exact) mass is 238 g/mol. The molecule has 0 radical (unpaired) electrons. The number of hydrazine groups is 1. The molecule has 2 aromatic heterocycles. The molecule has 84 valence electrons. The van der Waals surface area contributed by atoms with Crippen LogP contribution in [0.25, 0.3) is 0 Å². The van der Waals surface area contributed by atoms with E-state index in [1.165, 1.54) is 17.4 Å². The van der Waals surface area contributed by atoms with Crippen molar-refractivity contribution in [3.05, 3.63) is 46.4 Å². The second-order valence-electron chi connectivity index (χ2n) is 3.22. The summed E-state index contributed by atoms with van der Waals surface area (Å²) in [6, 6.07) is 2.57. The fraction of sp³-hybridized carbons (Fsp3) is 0.200. The van der Waals surface area contributed by atoms with E-state index in [0.717, 1.165) is 5.01 Å². The van der Waals surface area contributed by atoms with Crippen LogP contribution in [0.2, 0.25) is 0 Å². The van der Waals surface area contributed by atoms with Gasteiger partial charge < -0.3 is 0 Å². The van der Waals surface area contributed by atoms with Gasteiger partial charge in [-0.2, -0.15) is 0 Å². The van der Waals surface area contributed by atoms with Gasteiger partial charge in [0.15, 0.2) is 0 Å². The fourth-order valence-electron chi connectivity index (χ4n) is 1.42. The van der Waals surface area contributed by atoms with Gasteiger partial charge in [0, 0.05) is 24.2 Å². The molecule has 0 aliphatic heterocycles. The Hall–Kier alpha value is -1.37. The second-order valence-corrected chi connectivity index (χ2v) is 4.20. The average Bonchev–Trinajstić information content (AvgIpc) is 2.80. The molecular weight excluding hydrogens is 227 g/mol. The number of aromatic nitrogens is 2. The Morgan fingerprint density at radius 3 is 2.94 bits per heavy atom. The molecule has 2 aromatic rings. The van der Waals surface area contributed by atoms with Crippen LogP contribution >= 0.6 is 11.3 Å². The summed E-state index contributed by atoms with van der Waals surface area (Å²) in [6.07, 6.45) is 3.79. The van der Waals surface area contributed by atoms with Gasteiger partial charge in [-0.3, -0.25) is 16.3 Å². The highest BCUT2D eigenvalue weighted by Crippen LogP contribution is 2.19. The van der Waals surface area contributed by atoms with Crippen LogP contribution in [0.3, 0.4) is 0 Å². The van der Waals surface area contributed by atoms with Crippen molar-refractivity contribution < 1.29 is 4.39 Å². The summed E-state index contributed by atoms with van der Waals surface area (Å²) in [4.78, 5) is 8.12. The third-order valence-electron chi connectivity index (χ3n) is 2.18. The lowest BCUT2D eigenvalue weighted by Crippen LogP contribution is -2.31. The van der Waals surface area contributed by atoms with E-state index >= 15 is 0 Å². The van der Waals surface area contributed by atoms with Crippen LogP contribution in [-0.2, 0) is 6.42 Å². The molecule has 16 heavy (non-hydrogen) atoms. The molecule has 1 unspecified atom stereocenters. The molecule has 6 heteroatoms. The zero-order chi connectivity index (χ0) is 11.4. The highest BCUT2D eigenvalue weighted by atomic mass is 32.1. The molecule has 0 bridgehead atoms. The molecular formula is C10H11FN4S. The van der Waals surface area contributed by atoms with Crippen LogP contribution in [0, 0.1) is 5.82 Å². The Labute approximate surface area is 96.3 Å². The second kappa shape index (κ2) is 5.11. The summed E-state index contributed by atoms with van der Waals surface area (Å²) in [7, 11) is 0. The molecule has 0 spiro atoms. The molecule has 3 N–H and O–H groups in total. The van der Waals surface area contributed by atoms with E-state index in [0.29, 0.717) is 12.1 Å². The molecule has 0 fully saturated rings. The van der Waals surface area contributed by atoms with Crippen molar-refractivity contribution in [1.29, 1.82) is 0 Å². The van der Waals surface area contributed by atoms with E-state index in [2.05, 4.69) is 15.4 Å². The van der Waals surface area contributed by atoms with Crippen molar-refractivity contribution in [1.82, 2.24) is 15.4 Å². The fourth-order valence-corrected chi connectivity index (χ4v) is 2.08. The Kier molecular flexibility index (Phi) is 3.55. The number of pyridine rings is 1. The summed E-state index contributed by atoms with van der Waals surface area (Å²) >= 11 is 1.51. The van der Waals surface area contributed by atoms with Crippen LogP contribution in [0.4, 0.5) is 4.39 Å². The Morgan fingerprint density at radius 1 is 1.44 bits per heavy atom. The standard InChI is InChI=1S/C10H11FN4S/c11-7-2-1-3-14-10(7)8(15-12)6-9-13-4-5-16-9/h1-5,8,15H,6,12H2. The maximum absolute atomic E-state index is 13.5. The Morgan fingerprint density at radius 2 is 2.31 bits per heavy atom. The normalized spacial score (nSPS) is 12.6. The summed E-state index contributed by atoms with van der Waals surface area (Å²) in [6.45, 7) is 0. The van der Waals surface area contributed by atoms with E-state index in [1.807, 2.05) is 5.38 Å². The third kappa shape index (κ3) is 2.41. The van der Waals surface area contributed by atoms with Gasteiger partial charge in [0.05, 0.1) is 16.7 Å². The molecule has 1 atom stereocenters. The van der Waals surface area contributed by atoms with Crippen LogP contribution in [0.1, 0.15) is 16.7 Å². The van der Waals surface area contributed by atoms with Crippen molar-refractivity contribution in [2.24, 2.45) is 5.84 Å². The minimum atomic E-state index is -0.359. The van der Waals surface area contributed by atoms with Gasteiger partial charge in [-0.05, 0) is 12.1 Å². The average molecular weight is 238 g/mol. The van der Waals surface area contributed by atoms with Gasteiger partial charge in [0.1, 0.15) is 5.82 Å². The number of nitrogens with zero attached hydrogens (tertiary/aromatic N) is 2. The van der Waals surface area contributed by atoms with Crippen molar-refractivity contribution in [2.75, 3.05) is 0 Å². The van der Waals surface area contributed by atoms with Gasteiger partial charge in [0.2, 0.25) is 0 Å². The Bertz CT molecular complexity index is 446. The van der Waals surface area contributed by atoms with E-state index in [9.17, 15) is 4.39 Å². The minimum Gasteiger partial charge on any atom is -0.271 e. The first-order chi connectivity index (χ1) is 7.81. The quantitative estimate of drug-likeness (QED) is 0.624. The van der Waals surface area contributed by atoms with Gasteiger partial charge >= 0.3 is 0 Å². The minimum absolute atomic E-state index is 0.320. The van der Waals surface area contributed by atoms with Gasteiger partial charge in [-0.1, -0.05) is 0 Å². The van der Waals surface area contributed by atoms with Gasteiger partial charge in [-0.15, -0.1) is 11.3 Å². The number of halogens is 1. The molecule has 0 saturated carbocycles. The Balaban J connectivity index is 2.20. The number of hydrogen-bond acceptors (Lipinski definition) is 5. The highest BCUT2D eigenvalue weighted by molar-refractivity contribution is 7.09. The predicted octanol–water partition coefficient (Wildman–Crippen LogP) is 1.42. The topological polar surface area (TPSA) is 63.8 Å². The van der Waals surface area contributed by atoms with Crippen LogP contribution < -0.4 is 11.3 Å². The number of rotatable bonds is 4. The first kappa shape index (κ1) is 11.1. The van der Waals surface area contributed by atoms with Crippen molar-refractivity contribution in [3.63, 3.8) is 0 Å². The molecule has 2 heterocycles. The maximum atomic E-state index is 13.5. The van der Waals surface area contributed by atoms with E-state index in [1.54, 1.807) is 18.5 Å². The lowest BCUT2D eigenvalue weighted by Gasteiger charge is -2.14. The first-order valence-corrected chi connectivity index (χ1v) is 5.64. The molecule has 0 aliphatic carbocycles. The largest absolute Gasteiger partial charge is 0.271 e. The van der Waals surface area contributed by atoms with Crippen molar-refractivity contribution >= 4 is 11.3 Å². The zero-order valence-corrected chi connectivity index (χ0v) is 9.25. The summed E-state index contributed by atoms with van der Waals surface area (Å²) in [5.41, 5.74) is 2.88. The molecule has 4 nitrogen and oxygen atoms in total. The van der Waals surface area contributed by atoms with Crippen LogP contribution in [0.15, 0.2) is 29.9 Å². The maximum Gasteiger partial charge on any atom is 0.146 e. The number of nitrogens with one attached hydrogen (secondary N) is 1. The zero-order valence-electron chi connectivity index (χ0n) is 8.43. The number of thiazole rings is 1. The van der Waals surface area contributed by atoms with Gasteiger partial charge in [0.25, 0.3) is 0 Å². The van der Waals surface area contributed by atoms with Gasteiger partial charge in [-0.25, -0.2) is 9.37 Å². The summed E-state index contributed by atoms with van der Waals surface area (Å²) < 4.78 is 13.5. The van der Waals surface area contributed by atoms with Crippen LogP contribution in [0.5, 0.6) is 0 Å². The van der Waals surface area contributed by atoms with E-state index in [4.69, 9.17) is 5.84 Å². The van der Waals surface area contributed by atoms with E-state index < -0.39 is 0 Å². The van der Waals surface area contributed by atoms with Crippen LogP contribution in [-0.4, -0.2) is 9.97 Å².